The van der Waals surface area contributed by atoms with Gasteiger partial charge in [0.1, 0.15) is 5.75 Å². The number of hydrogen-bond acceptors (Lipinski definition) is 3. The SMILES string of the molecule is Cc1c(O)cccc1NS(=O)(=O)C1CC1. The molecule has 0 saturated heterocycles. The summed E-state index contributed by atoms with van der Waals surface area (Å²) in [5, 5.41) is 9.17. The van der Waals surface area contributed by atoms with Gasteiger partial charge in [-0.25, -0.2) is 8.42 Å². The number of rotatable bonds is 3. The van der Waals surface area contributed by atoms with Crippen LogP contribution in [-0.2, 0) is 10.0 Å². The molecule has 1 aliphatic rings. The van der Waals surface area contributed by atoms with E-state index < -0.39 is 10.0 Å². The summed E-state index contributed by atoms with van der Waals surface area (Å²) in [6, 6.07) is 4.80. The van der Waals surface area contributed by atoms with Crippen LogP contribution in [0.15, 0.2) is 18.2 Å². The van der Waals surface area contributed by atoms with Crippen LogP contribution in [0.1, 0.15) is 18.4 Å². The van der Waals surface area contributed by atoms with Crippen molar-refractivity contribution in [2.45, 2.75) is 25.0 Å². The van der Waals surface area contributed by atoms with Gasteiger partial charge in [0.15, 0.2) is 0 Å². The predicted molar refractivity (Wildman–Crippen MR) is 58.4 cm³/mol. The lowest BCUT2D eigenvalue weighted by atomic mass is 10.2. The first kappa shape index (κ1) is 10.3. The summed E-state index contributed by atoms with van der Waals surface area (Å²) in [5.74, 6) is 0.103. The minimum atomic E-state index is -3.24. The molecule has 0 heterocycles. The van der Waals surface area contributed by atoms with E-state index in [1.54, 1.807) is 19.1 Å². The molecule has 1 aromatic rings. The van der Waals surface area contributed by atoms with E-state index in [9.17, 15) is 13.5 Å². The Hall–Kier alpha value is -1.23. The second-order valence-electron chi connectivity index (χ2n) is 3.80. The van der Waals surface area contributed by atoms with Crippen molar-refractivity contribution in [3.05, 3.63) is 23.8 Å². The molecule has 82 valence electrons. The number of sulfonamides is 1. The van der Waals surface area contributed by atoms with Gasteiger partial charge in [0.25, 0.3) is 0 Å². The Morgan fingerprint density at radius 2 is 2.07 bits per heavy atom. The monoisotopic (exact) mass is 227 g/mol. The third-order valence-corrected chi connectivity index (χ3v) is 4.37. The lowest BCUT2D eigenvalue weighted by molar-refractivity contribution is 0.471. The predicted octanol–water partition coefficient (Wildman–Crippen LogP) is 1.60. The second kappa shape index (κ2) is 3.41. The topological polar surface area (TPSA) is 66.4 Å². The van der Waals surface area contributed by atoms with E-state index in [1.807, 2.05) is 0 Å². The van der Waals surface area contributed by atoms with Crippen molar-refractivity contribution < 1.29 is 13.5 Å². The molecule has 0 amide bonds. The highest BCUT2D eigenvalue weighted by atomic mass is 32.2. The van der Waals surface area contributed by atoms with Gasteiger partial charge in [-0.15, -0.1) is 0 Å². The molecule has 1 aliphatic carbocycles. The molecule has 0 bridgehead atoms. The minimum absolute atomic E-state index is 0.103. The highest BCUT2D eigenvalue weighted by Crippen LogP contribution is 2.31. The van der Waals surface area contributed by atoms with Gasteiger partial charge in [-0.1, -0.05) is 6.07 Å². The maximum Gasteiger partial charge on any atom is 0.235 e. The Kier molecular flexibility index (Phi) is 2.34. The molecule has 0 unspecified atom stereocenters. The fourth-order valence-corrected chi connectivity index (χ4v) is 2.80. The molecule has 0 spiro atoms. The minimum Gasteiger partial charge on any atom is -0.508 e. The first-order valence-corrected chi connectivity index (χ1v) is 6.35. The van der Waals surface area contributed by atoms with Crippen molar-refractivity contribution in [1.29, 1.82) is 0 Å². The van der Waals surface area contributed by atoms with Gasteiger partial charge in [-0.3, -0.25) is 4.72 Å². The van der Waals surface area contributed by atoms with E-state index in [-0.39, 0.29) is 11.0 Å². The molecule has 1 fully saturated rings. The van der Waals surface area contributed by atoms with Crippen molar-refractivity contribution >= 4 is 15.7 Å². The molecule has 0 aromatic heterocycles. The molecular weight excluding hydrogens is 214 g/mol. The number of anilines is 1. The first-order chi connectivity index (χ1) is 7.00. The lowest BCUT2D eigenvalue weighted by Gasteiger charge is -2.10. The molecule has 0 aliphatic heterocycles. The van der Waals surface area contributed by atoms with E-state index in [0.717, 1.165) is 12.8 Å². The van der Waals surface area contributed by atoms with Crippen LogP contribution in [0.5, 0.6) is 5.75 Å². The summed E-state index contributed by atoms with van der Waals surface area (Å²) < 4.78 is 25.8. The van der Waals surface area contributed by atoms with Gasteiger partial charge in [-0.2, -0.15) is 0 Å². The maximum atomic E-state index is 11.6. The van der Waals surface area contributed by atoms with E-state index in [2.05, 4.69) is 4.72 Å². The van der Waals surface area contributed by atoms with E-state index >= 15 is 0 Å². The van der Waals surface area contributed by atoms with Gasteiger partial charge in [-0.05, 0) is 31.9 Å². The number of hydrogen-bond donors (Lipinski definition) is 2. The molecule has 2 rings (SSSR count). The number of nitrogens with one attached hydrogen (secondary N) is 1. The molecule has 4 nitrogen and oxygen atoms in total. The highest BCUT2D eigenvalue weighted by molar-refractivity contribution is 7.93. The van der Waals surface area contributed by atoms with Crippen molar-refractivity contribution in [1.82, 2.24) is 0 Å². The van der Waals surface area contributed by atoms with E-state index in [4.69, 9.17) is 0 Å². The van der Waals surface area contributed by atoms with Crippen LogP contribution in [0, 0.1) is 6.92 Å². The second-order valence-corrected chi connectivity index (χ2v) is 5.76. The Morgan fingerprint density at radius 3 is 2.67 bits per heavy atom. The molecule has 15 heavy (non-hydrogen) atoms. The zero-order valence-corrected chi connectivity index (χ0v) is 9.21. The first-order valence-electron chi connectivity index (χ1n) is 4.81. The number of phenolic OH excluding ortho intramolecular Hbond substituents is 1. The van der Waals surface area contributed by atoms with Crippen molar-refractivity contribution in [2.24, 2.45) is 0 Å². The molecular formula is C10H13NO3S. The number of phenols is 1. The Balaban J connectivity index is 2.28. The van der Waals surface area contributed by atoms with Crippen LogP contribution in [0.3, 0.4) is 0 Å². The van der Waals surface area contributed by atoms with Gasteiger partial charge in [0.05, 0.1) is 10.9 Å². The number of benzene rings is 1. The average molecular weight is 227 g/mol. The molecule has 1 aromatic carbocycles. The van der Waals surface area contributed by atoms with Crippen LogP contribution in [-0.4, -0.2) is 18.8 Å². The smallest absolute Gasteiger partial charge is 0.235 e. The summed E-state index contributed by atoms with van der Waals surface area (Å²) in [7, 11) is -3.24. The Morgan fingerprint density at radius 1 is 1.40 bits per heavy atom. The quantitative estimate of drug-likeness (QED) is 0.824. The van der Waals surface area contributed by atoms with Gasteiger partial charge in [0, 0.05) is 5.56 Å². The third-order valence-electron chi connectivity index (χ3n) is 2.52. The van der Waals surface area contributed by atoms with Gasteiger partial charge in [0.2, 0.25) is 10.0 Å². The maximum absolute atomic E-state index is 11.6. The summed E-state index contributed by atoms with van der Waals surface area (Å²) in [6.45, 7) is 1.68. The molecule has 1 saturated carbocycles. The van der Waals surface area contributed by atoms with Crippen LogP contribution >= 0.6 is 0 Å². The largest absolute Gasteiger partial charge is 0.508 e. The molecule has 0 radical (unpaired) electrons. The third kappa shape index (κ3) is 2.07. The summed E-state index contributed by atoms with van der Waals surface area (Å²) >= 11 is 0. The molecule has 0 atom stereocenters. The van der Waals surface area contributed by atoms with Crippen LogP contribution in [0.4, 0.5) is 5.69 Å². The van der Waals surface area contributed by atoms with Crippen LogP contribution < -0.4 is 4.72 Å². The fraction of sp³-hybridized carbons (Fsp3) is 0.400. The summed E-state index contributed by atoms with van der Waals surface area (Å²) in [4.78, 5) is 0. The zero-order valence-electron chi connectivity index (χ0n) is 8.40. The summed E-state index contributed by atoms with van der Waals surface area (Å²) in [6.07, 6.45) is 1.46. The number of aromatic hydroxyl groups is 1. The van der Waals surface area contributed by atoms with Crippen molar-refractivity contribution in [3.63, 3.8) is 0 Å². The van der Waals surface area contributed by atoms with Gasteiger partial charge >= 0.3 is 0 Å². The fourth-order valence-electron chi connectivity index (χ4n) is 1.35. The van der Waals surface area contributed by atoms with Gasteiger partial charge < -0.3 is 5.11 Å². The van der Waals surface area contributed by atoms with Crippen LogP contribution in [0.2, 0.25) is 0 Å². The highest BCUT2D eigenvalue weighted by Gasteiger charge is 2.35. The summed E-state index contributed by atoms with van der Waals surface area (Å²) in [5.41, 5.74) is 1.02. The normalized spacial score (nSPS) is 16.3. The Bertz CT molecular complexity index is 477. The van der Waals surface area contributed by atoms with E-state index in [1.165, 1.54) is 6.07 Å². The average Bonchev–Trinajstić information content (AvgIpc) is 2.95. The van der Waals surface area contributed by atoms with Crippen LogP contribution in [0.25, 0.3) is 0 Å². The molecule has 5 heteroatoms. The van der Waals surface area contributed by atoms with E-state index in [0.29, 0.717) is 11.3 Å². The standard InChI is InChI=1S/C10H13NO3S/c1-7-9(3-2-4-10(7)12)11-15(13,14)8-5-6-8/h2-4,8,11-12H,5-6H2,1H3. The zero-order chi connectivity index (χ0) is 11.1. The Labute approximate surface area is 89.0 Å². The molecule has 2 N–H and O–H groups in total. The lowest BCUT2D eigenvalue weighted by Crippen LogP contribution is -2.17. The van der Waals surface area contributed by atoms with Crippen molar-refractivity contribution in [3.8, 4) is 5.75 Å². The van der Waals surface area contributed by atoms with Crippen molar-refractivity contribution in [2.75, 3.05) is 4.72 Å².